The average Bonchev–Trinajstić information content (AvgIpc) is 3.49. The van der Waals surface area contributed by atoms with Crippen LogP contribution in [0.4, 0.5) is 0 Å². The quantitative estimate of drug-likeness (QED) is 0.524. The predicted molar refractivity (Wildman–Crippen MR) is 120 cm³/mol. The third-order valence-corrected chi connectivity index (χ3v) is 5.16. The molecular formula is C24H28N5O4. The van der Waals surface area contributed by atoms with Crippen molar-refractivity contribution in [1.29, 1.82) is 0 Å². The van der Waals surface area contributed by atoms with E-state index in [1.165, 1.54) is 11.8 Å². The minimum Gasteiger partial charge on any atom is -0.467 e. The second-order valence-corrected chi connectivity index (χ2v) is 8.04. The van der Waals surface area contributed by atoms with Crippen LogP contribution in [0.25, 0.3) is 0 Å². The Labute approximate surface area is 194 Å². The molecule has 3 rings (SSSR count). The molecule has 1 aliphatic carbocycles. The number of rotatable bonds is 10. The lowest BCUT2D eigenvalue weighted by Gasteiger charge is -2.24. The molecule has 2 N–H and O–H groups in total. The van der Waals surface area contributed by atoms with Crippen molar-refractivity contribution in [1.82, 2.24) is 25.6 Å². The van der Waals surface area contributed by atoms with Gasteiger partial charge in [-0.05, 0) is 37.2 Å². The maximum absolute atomic E-state index is 13.1. The van der Waals surface area contributed by atoms with Crippen molar-refractivity contribution in [2.24, 2.45) is 5.92 Å². The molecule has 0 bridgehead atoms. The van der Waals surface area contributed by atoms with Gasteiger partial charge in [0.1, 0.15) is 18.6 Å². The highest BCUT2D eigenvalue weighted by Gasteiger charge is 2.30. The Bertz CT molecular complexity index is 937. The van der Waals surface area contributed by atoms with Gasteiger partial charge in [-0.2, -0.15) is 0 Å². The smallest absolute Gasteiger partial charge is 0.328 e. The molecule has 1 aromatic carbocycles. The van der Waals surface area contributed by atoms with Crippen LogP contribution >= 0.6 is 0 Å². The Morgan fingerprint density at radius 1 is 1.06 bits per heavy atom. The highest BCUT2D eigenvalue weighted by Crippen LogP contribution is 2.28. The molecule has 2 aromatic rings. The maximum atomic E-state index is 13.1. The van der Waals surface area contributed by atoms with Gasteiger partial charge in [-0.3, -0.25) is 9.59 Å². The Hall–Kier alpha value is -3.23. The van der Waals surface area contributed by atoms with E-state index in [1.807, 2.05) is 69.9 Å². The number of ether oxygens (including phenoxy) is 1. The summed E-state index contributed by atoms with van der Waals surface area (Å²) >= 11 is 0. The van der Waals surface area contributed by atoms with Crippen molar-refractivity contribution in [2.45, 2.75) is 38.9 Å². The lowest BCUT2D eigenvalue weighted by atomic mass is 10.0. The van der Waals surface area contributed by atoms with E-state index in [1.54, 1.807) is 6.20 Å². The van der Waals surface area contributed by atoms with Gasteiger partial charge in [0, 0.05) is 18.5 Å². The molecular weight excluding hydrogens is 422 g/mol. The second-order valence-electron chi connectivity index (χ2n) is 8.04. The number of amides is 2. The zero-order chi connectivity index (χ0) is 23.8. The highest BCUT2D eigenvalue weighted by atomic mass is 16.5. The molecule has 1 saturated carbocycles. The van der Waals surface area contributed by atoms with E-state index < -0.39 is 29.9 Å². The number of nitrogens with zero attached hydrogens (tertiary/aromatic N) is 3. The second kappa shape index (κ2) is 11.6. The zero-order valence-corrected chi connectivity index (χ0v) is 18.9. The largest absolute Gasteiger partial charge is 0.467 e. The van der Waals surface area contributed by atoms with Crippen molar-refractivity contribution in [3.05, 3.63) is 79.4 Å². The summed E-state index contributed by atoms with van der Waals surface area (Å²) in [5.41, 5.74) is 1.53. The van der Waals surface area contributed by atoms with Gasteiger partial charge in [0.2, 0.25) is 11.8 Å². The Kier molecular flexibility index (Phi) is 8.57. The monoisotopic (exact) mass is 450 g/mol. The number of nitrogens with one attached hydrogen (secondary N) is 2. The van der Waals surface area contributed by atoms with E-state index in [0.717, 1.165) is 11.5 Å². The van der Waals surface area contributed by atoms with Crippen LogP contribution in [0.15, 0.2) is 36.5 Å². The molecule has 1 fully saturated rings. The number of esters is 1. The molecule has 2 atom stereocenters. The van der Waals surface area contributed by atoms with Crippen LogP contribution in [-0.2, 0) is 32.1 Å². The van der Waals surface area contributed by atoms with E-state index >= 15 is 0 Å². The van der Waals surface area contributed by atoms with Crippen molar-refractivity contribution in [3.8, 4) is 0 Å². The molecule has 0 aliphatic heterocycles. The number of carbonyl (C=O) groups excluding carboxylic acids is 3. The predicted octanol–water partition coefficient (Wildman–Crippen LogP) is 1.07. The van der Waals surface area contributed by atoms with Crippen molar-refractivity contribution < 1.29 is 19.1 Å². The van der Waals surface area contributed by atoms with Crippen LogP contribution in [0.3, 0.4) is 0 Å². The van der Waals surface area contributed by atoms with Crippen LogP contribution in [0.5, 0.6) is 0 Å². The molecule has 33 heavy (non-hydrogen) atoms. The summed E-state index contributed by atoms with van der Waals surface area (Å²) in [5.74, 6) is -0.674. The molecule has 1 aromatic heterocycles. The van der Waals surface area contributed by atoms with Crippen molar-refractivity contribution >= 4 is 17.8 Å². The van der Waals surface area contributed by atoms with E-state index in [0.29, 0.717) is 5.69 Å². The molecule has 1 aliphatic rings. The number of methoxy groups -OCH3 is 1. The standard InChI is InChI=1S/C24H28N5O4/c1-16(2)22(24(32)33-3)26-23(31)19(13-17-9-5-4-6-10-17)25-21(30)15-29-14-20(27-28-29)18-11-7-8-12-18/h4-12,14,16,19,22H,13,15H2,1-3H3,(H,25,30)(H,26,31)/t19-,22-/m0/s1. The minimum atomic E-state index is -0.885. The van der Waals surface area contributed by atoms with Crippen LogP contribution in [0.1, 0.15) is 25.1 Å². The molecule has 0 unspecified atom stereocenters. The van der Waals surface area contributed by atoms with Crippen LogP contribution in [-0.4, -0.2) is 52.0 Å². The summed E-state index contributed by atoms with van der Waals surface area (Å²) in [4.78, 5) is 37.9. The summed E-state index contributed by atoms with van der Waals surface area (Å²) in [6.07, 6.45) is 9.54. The van der Waals surface area contributed by atoms with Crippen molar-refractivity contribution in [2.75, 3.05) is 7.11 Å². The SMILES string of the molecule is COC(=O)[C@@H](NC(=O)[C@H](Cc1ccccc1)NC(=O)Cn1cc([C]2[CH][CH][CH][CH]2)nn1)C(C)C. The topological polar surface area (TPSA) is 115 Å². The zero-order valence-electron chi connectivity index (χ0n) is 18.9. The number of hydrogen-bond acceptors (Lipinski definition) is 6. The third-order valence-electron chi connectivity index (χ3n) is 5.16. The fraction of sp³-hybridized carbons (Fsp3) is 0.333. The Morgan fingerprint density at radius 3 is 2.39 bits per heavy atom. The average molecular weight is 451 g/mol. The number of hydrogen-bond donors (Lipinski definition) is 2. The van der Waals surface area contributed by atoms with Gasteiger partial charge in [0.25, 0.3) is 0 Å². The maximum Gasteiger partial charge on any atom is 0.328 e. The molecule has 5 radical (unpaired) electrons. The first-order valence-electron chi connectivity index (χ1n) is 10.7. The normalized spacial score (nSPS) is 15.8. The van der Waals surface area contributed by atoms with E-state index in [9.17, 15) is 14.4 Å². The third kappa shape index (κ3) is 6.87. The van der Waals surface area contributed by atoms with E-state index in [-0.39, 0.29) is 18.9 Å². The summed E-state index contributed by atoms with van der Waals surface area (Å²) in [6, 6.07) is 7.63. The first kappa shape index (κ1) is 24.4. The number of aromatic nitrogens is 3. The molecule has 9 nitrogen and oxygen atoms in total. The van der Waals surface area contributed by atoms with Gasteiger partial charge in [-0.1, -0.05) is 49.4 Å². The highest BCUT2D eigenvalue weighted by molar-refractivity contribution is 5.91. The summed E-state index contributed by atoms with van der Waals surface area (Å²) in [5, 5.41) is 13.6. The molecule has 173 valence electrons. The van der Waals surface area contributed by atoms with Gasteiger partial charge in [-0.25, -0.2) is 9.48 Å². The summed E-state index contributed by atoms with van der Waals surface area (Å²) in [7, 11) is 1.27. The molecule has 2 amide bonds. The number of benzene rings is 1. The fourth-order valence-electron chi connectivity index (χ4n) is 3.38. The van der Waals surface area contributed by atoms with Gasteiger partial charge in [0.15, 0.2) is 0 Å². The lowest BCUT2D eigenvalue weighted by molar-refractivity contribution is -0.146. The van der Waals surface area contributed by atoms with Crippen LogP contribution in [0, 0.1) is 37.5 Å². The van der Waals surface area contributed by atoms with Gasteiger partial charge in [0.05, 0.1) is 12.8 Å². The molecule has 9 heteroatoms. The fourth-order valence-corrected chi connectivity index (χ4v) is 3.38. The van der Waals surface area contributed by atoms with E-state index in [2.05, 4.69) is 20.9 Å². The van der Waals surface area contributed by atoms with Gasteiger partial charge >= 0.3 is 5.97 Å². The minimum absolute atomic E-state index is 0.100. The summed E-state index contributed by atoms with van der Waals surface area (Å²) < 4.78 is 6.22. The summed E-state index contributed by atoms with van der Waals surface area (Å²) in [6.45, 7) is 3.51. The van der Waals surface area contributed by atoms with Gasteiger partial charge < -0.3 is 15.4 Å². The van der Waals surface area contributed by atoms with Crippen LogP contribution in [0.2, 0.25) is 0 Å². The lowest BCUT2D eigenvalue weighted by Crippen LogP contribution is -2.54. The van der Waals surface area contributed by atoms with Crippen molar-refractivity contribution in [3.63, 3.8) is 0 Å². The molecule has 0 spiro atoms. The first-order chi connectivity index (χ1) is 15.9. The Balaban J connectivity index is 1.68. The number of carbonyl (C=O) groups is 3. The molecule has 0 saturated heterocycles. The Morgan fingerprint density at radius 2 is 1.76 bits per heavy atom. The molecule has 1 heterocycles. The van der Waals surface area contributed by atoms with Gasteiger partial charge in [-0.15, -0.1) is 5.10 Å². The first-order valence-corrected chi connectivity index (χ1v) is 10.7. The van der Waals surface area contributed by atoms with Crippen LogP contribution < -0.4 is 10.6 Å². The van der Waals surface area contributed by atoms with E-state index in [4.69, 9.17) is 4.74 Å².